The van der Waals surface area contributed by atoms with Crippen molar-refractivity contribution in [3.05, 3.63) is 89.0 Å². The molecule has 0 fully saturated rings. The van der Waals surface area contributed by atoms with Crippen LogP contribution in [0.2, 0.25) is 0 Å². The number of amides is 2. The first-order chi connectivity index (χ1) is 17.9. The summed E-state index contributed by atoms with van der Waals surface area (Å²) < 4.78 is 38.9. The normalized spacial score (nSPS) is 11.9. The minimum Gasteiger partial charge on any atom is -0.478 e. The van der Waals surface area contributed by atoms with Gasteiger partial charge in [-0.3, -0.25) is 9.59 Å². The van der Waals surface area contributed by atoms with Crippen LogP contribution >= 0.6 is 11.8 Å². The van der Waals surface area contributed by atoms with Gasteiger partial charge in [-0.05, 0) is 61.0 Å². The van der Waals surface area contributed by atoms with Crippen LogP contribution in [0.25, 0.3) is 0 Å². The predicted octanol–water partition coefficient (Wildman–Crippen LogP) is 5.86. The maximum absolute atomic E-state index is 13.0. The Balaban J connectivity index is 1.73. The summed E-state index contributed by atoms with van der Waals surface area (Å²) in [7, 11) is 0. The van der Waals surface area contributed by atoms with Gasteiger partial charge in [0.25, 0.3) is 5.91 Å². The van der Waals surface area contributed by atoms with E-state index in [9.17, 15) is 37.5 Å². The lowest BCUT2D eigenvalue weighted by Gasteiger charge is -2.16. The van der Waals surface area contributed by atoms with E-state index < -0.39 is 46.3 Å². The molecule has 4 N–H and O–H groups in total. The largest absolute Gasteiger partial charge is 0.478 e. The highest BCUT2D eigenvalue weighted by atomic mass is 32.2. The monoisotopic (exact) mass is 546 g/mol. The fourth-order valence-corrected chi connectivity index (χ4v) is 4.39. The van der Waals surface area contributed by atoms with Crippen molar-refractivity contribution in [2.24, 2.45) is 0 Å². The molecule has 0 heterocycles. The Kier molecular flexibility index (Phi) is 8.79. The zero-order valence-electron chi connectivity index (χ0n) is 19.7. The Morgan fingerprint density at radius 3 is 2.11 bits per heavy atom. The quantitative estimate of drug-likeness (QED) is 0.247. The Morgan fingerprint density at radius 2 is 1.50 bits per heavy atom. The number of carbonyl (C=O) groups is 4. The van der Waals surface area contributed by atoms with E-state index in [-0.39, 0.29) is 22.5 Å². The van der Waals surface area contributed by atoms with Crippen LogP contribution in [0.3, 0.4) is 0 Å². The van der Waals surface area contributed by atoms with Crippen LogP contribution in [0.4, 0.5) is 24.5 Å². The number of carboxylic acid groups (broad SMARTS) is 2. The molecule has 0 bridgehead atoms. The number of thioether (sulfide) groups is 1. The third kappa shape index (κ3) is 7.13. The van der Waals surface area contributed by atoms with Crippen LogP contribution in [-0.2, 0) is 11.0 Å². The van der Waals surface area contributed by atoms with Gasteiger partial charge in [-0.15, -0.1) is 11.8 Å². The van der Waals surface area contributed by atoms with E-state index in [1.165, 1.54) is 18.2 Å². The molecule has 0 aromatic heterocycles. The summed E-state index contributed by atoms with van der Waals surface area (Å²) in [6, 6.07) is 13.8. The van der Waals surface area contributed by atoms with Gasteiger partial charge < -0.3 is 20.8 Å². The van der Waals surface area contributed by atoms with Crippen LogP contribution in [-0.4, -0.2) is 39.2 Å². The number of carboxylic acids is 2. The van der Waals surface area contributed by atoms with Crippen LogP contribution in [0.15, 0.2) is 71.6 Å². The topological polar surface area (TPSA) is 133 Å². The molecule has 38 heavy (non-hydrogen) atoms. The lowest BCUT2D eigenvalue weighted by molar-refractivity contribution is -0.137. The number of carbonyl (C=O) groups excluding carboxylic acids is 2. The Morgan fingerprint density at radius 1 is 0.842 bits per heavy atom. The predicted molar refractivity (Wildman–Crippen MR) is 135 cm³/mol. The van der Waals surface area contributed by atoms with Crippen LogP contribution in [0.5, 0.6) is 0 Å². The summed E-state index contributed by atoms with van der Waals surface area (Å²) in [4.78, 5) is 48.8. The molecule has 1 unspecified atom stereocenters. The maximum Gasteiger partial charge on any atom is 0.416 e. The van der Waals surface area contributed by atoms with E-state index in [0.29, 0.717) is 11.3 Å². The van der Waals surface area contributed by atoms with Gasteiger partial charge >= 0.3 is 18.1 Å². The Bertz CT molecular complexity index is 1390. The number of alkyl halides is 3. The summed E-state index contributed by atoms with van der Waals surface area (Å²) in [5.74, 6) is -4.10. The lowest BCUT2D eigenvalue weighted by Crippen LogP contribution is -2.24. The number of halogens is 3. The van der Waals surface area contributed by atoms with Crippen molar-refractivity contribution in [1.29, 1.82) is 0 Å². The number of hydrogen-bond acceptors (Lipinski definition) is 5. The molecule has 0 aliphatic heterocycles. The van der Waals surface area contributed by atoms with Gasteiger partial charge in [0.1, 0.15) is 0 Å². The summed E-state index contributed by atoms with van der Waals surface area (Å²) in [6.45, 7) is 1.74. The van der Waals surface area contributed by atoms with Crippen molar-refractivity contribution in [2.75, 3.05) is 10.6 Å². The molecule has 3 aromatic rings. The molecule has 0 saturated carbocycles. The molecule has 8 nitrogen and oxygen atoms in total. The fourth-order valence-electron chi connectivity index (χ4n) is 3.38. The third-order valence-corrected chi connectivity index (χ3v) is 6.59. The van der Waals surface area contributed by atoms with Crippen LogP contribution in [0.1, 0.15) is 50.0 Å². The molecular formula is C26H21F3N2O6S. The number of hydrogen-bond donors (Lipinski definition) is 4. The van der Waals surface area contributed by atoms with Gasteiger partial charge in [0.2, 0.25) is 5.91 Å². The first-order valence-corrected chi connectivity index (χ1v) is 11.9. The molecule has 0 radical (unpaired) electrons. The first-order valence-electron chi connectivity index (χ1n) is 11.1. The Labute approximate surface area is 218 Å². The second kappa shape index (κ2) is 11.8. The zero-order chi connectivity index (χ0) is 28.0. The summed E-state index contributed by atoms with van der Waals surface area (Å²) >= 11 is 1.13. The second-order valence-corrected chi connectivity index (χ2v) is 9.21. The average Bonchev–Trinajstić information content (AvgIpc) is 2.86. The van der Waals surface area contributed by atoms with Gasteiger partial charge in [-0.2, -0.15) is 13.2 Å². The minimum absolute atomic E-state index is 0.00744. The third-order valence-electron chi connectivity index (χ3n) is 5.23. The van der Waals surface area contributed by atoms with Crippen LogP contribution < -0.4 is 10.6 Å². The highest BCUT2D eigenvalue weighted by Crippen LogP contribution is 2.32. The van der Waals surface area contributed by atoms with E-state index in [4.69, 9.17) is 5.11 Å². The molecule has 0 spiro atoms. The standard InChI is InChI=1S/C26H21F3N2O6S/c1-2-21(23(33)31-16-6-3-5-15(12-16)26(27,28)29)38-18-8-4-7-17(13-18)30-22(32)19-10-9-14(24(34)35)11-20(19)25(36)37/h3-13,21H,2H2,1H3,(H,30,32)(H,31,33)(H,34,35)(H,36,37). The molecule has 3 aromatic carbocycles. The van der Waals surface area contributed by atoms with Crippen LogP contribution in [0, 0.1) is 0 Å². The van der Waals surface area contributed by atoms with Crippen molar-refractivity contribution < 1.29 is 42.6 Å². The summed E-state index contributed by atoms with van der Waals surface area (Å²) in [6.07, 6.45) is -4.20. The molecule has 3 rings (SSSR count). The molecular weight excluding hydrogens is 525 g/mol. The summed E-state index contributed by atoms with van der Waals surface area (Å²) in [5.41, 5.74) is -1.60. The summed E-state index contributed by atoms with van der Waals surface area (Å²) in [5, 5.41) is 22.9. The van der Waals surface area contributed by atoms with Gasteiger partial charge in [-0.25, -0.2) is 9.59 Å². The molecule has 0 saturated heterocycles. The van der Waals surface area contributed by atoms with Crippen molar-refractivity contribution in [2.45, 2.75) is 29.7 Å². The van der Waals surface area contributed by atoms with Crippen molar-refractivity contribution in [3.63, 3.8) is 0 Å². The number of rotatable bonds is 9. The van der Waals surface area contributed by atoms with Crippen molar-refractivity contribution in [1.82, 2.24) is 0 Å². The van der Waals surface area contributed by atoms with Gasteiger partial charge in [0.15, 0.2) is 0 Å². The van der Waals surface area contributed by atoms with E-state index in [1.54, 1.807) is 25.1 Å². The van der Waals surface area contributed by atoms with Gasteiger partial charge in [0, 0.05) is 16.3 Å². The van der Waals surface area contributed by atoms with Gasteiger partial charge in [0.05, 0.1) is 27.5 Å². The highest BCUT2D eigenvalue weighted by Gasteiger charge is 2.30. The molecule has 12 heteroatoms. The zero-order valence-corrected chi connectivity index (χ0v) is 20.5. The van der Waals surface area contributed by atoms with Crippen molar-refractivity contribution in [3.8, 4) is 0 Å². The fraction of sp³-hybridized carbons (Fsp3) is 0.154. The highest BCUT2D eigenvalue weighted by molar-refractivity contribution is 8.00. The molecule has 1 atom stereocenters. The first kappa shape index (κ1) is 28.3. The number of benzene rings is 3. The SMILES string of the molecule is CCC(Sc1cccc(NC(=O)c2ccc(C(=O)O)cc2C(=O)O)c1)C(=O)Nc1cccc(C(F)(F)F)c1. The van der Waals surface area contributed by atoms with E-state index in [1.807, 2.05) is 0 Å². The molecule has 198 valence electrons. The van der Waals surface area contributed by atoms with E-state index in [0.717, 1.165) is 42.1 Å². The molecule has 0 aliphatic carbocycles. The van der Waals surface area contributed by atoms with E-state index >= 15 is 0 Å². The van der Waals surface area contributed by atoms with Gasteiger partial charge in [-0.1, -0.05) is 19.1 Å². The van der Waals surface area contributed by atoms with E-state index in [2.05, 4.69) is 10.6 Å². The average molecular weight is 547 g/mol. The lowest BCUT2D eigenvalue weighted by atomic mass is 10.0. The number of anilines is 2. The maximum atomic E-state index is 13.0. The Hall–Kier alpha value is -4.32. The molecule has 0 aliphatic rings. The second-order valence-electron chi connectivity index (χ2n) is 7.94. The molecule has 2 amide bonds. The number of aromatic carboxylic acids is 2. The number of nitrogens with one attached hydrogen (secondary N) is 2. The minimum atomic E-state index is -4.55. The smallest absolute Gasteiger partial charge is 0.416 e. The van der Waals surface area contributed by atoms with Crippen molar-refractivity contribution >= 4 is 46.9 Å².